The monoisotopic (exact) mass is 500 g/mol. The summed E-state index contributed by atoms with van der Waals surface area (Å²) in [5, 5.41) is 24.5. The maximum Gasteiger partial charge on any atom is 0.151 e. The van der Waals surface area contributed by atoms with Gasteiger partial charge >= 0.3 is 0 Å². The van der Waals surface area contributed by atoms with Crippen molar-refractivity contribution in [3.05, 3.63) is 52.2 Å². The Morgan fingerprint density at radius 2 is 1.97 bits per heavy atom. The molecule has 0 bridgehead atoms. The second-order valence-corrected chi connectivity index (χ2v) is 9.54. The van der Waals surface area contributed by atoms with E-state index in [-0.39, 0.29) is 6.10 Å². The molecule has 1 fully saturated rings. The van der Waals surface area contributed by atoms with Gasteiger partial charge in [-0.15, -0.1) is 0 Å². The van der Waals surface area contributed by atoms with Crippen molar-refractivity contribution in [2.45, 2.75) is 58.6 Å². The fraction of sp³-hybridized carbons (Fsp3) is 0.519. The van der Waals surface area contributed by atoms with Gasteiger partial charge in [-0.1, -0.05) is 24.4 Å². The normalized spacial score (nSPS) is 17.2. The lowest BCUT2D eigenvalue weighted by Gasteiger charge is -2.27. The van der Waals surface area contributed by atoms with Crippen LogP contribution in [0.4, 0.5) is 5.82 Å². The predicted molar refractivity (Wildman–Crippen MR) is 140 cm³/mol. The quantitative estimate of drug-likeness (QED) is 0.384. The van der Waals surface area contributed by atoms with Crippen molar-refractivity contribution in [3.8, 4) is 11.8 Å². The average Bonchev–Trinajstić information content (AvgIpc) is 2.85. The number of aliphatic hydroxyl groups excluding tert-OH is 1. The first-order valence-electron chi connectivity index (χ1n) is 12.2. The van der Waals surface area contributed by atoms with Gasteiger partial charge < -0.3 is 20.5 Å². The highest BCUT2D eigenvalue weighted by Crippen LogP contribution is 2.30. The summed E-state index contributed by atoms with van der Waals surface area (Å²) < 4.78 is 5.75. The van der Waals surface area contributed by atoms with Gasteiger partial charge in [-0.05, 0) is 82.8 Å². The Balaban J connectivity index is 0.000000303. The highest BCUT2D eigenvalue weighted by Gasteiger charge is 2.19. The molecule has 0 radical (unpaired) electrons. The number of pyridine rings is 1. The number of ether oxygens (including phenoxy) is 1. The van der Waals surface area contributed by atoms with Crippen molar-refractivity contribution >= 4 is 23.7 Å². The lowest BCUT2D eigenvalue weighted by Crippen LogP contribution is -2.24. The first-order chi connectivity index (χ1) is 16.9. The number of hydrogen-bond donors (Lipinski definition) is 3. The van der Waals surface area contributed by atoms with Crippen molar-refractivity contribution in [3.63, 3.8) is 0 Å². The van der Waals surface area contributed by atoms with Crippen LogP contribution in [0.5, 0.6) is 5.75 Å². The molecule has 7 nitrogen and oxygen atoms in total. The minimum absolute atomic E-state index is 0.0234. The SMILES string of the molecule is CC(C)Oc1ccc(C#N)cc1CNc1ncc(C=O)cc1Cl.CNCC1CCC(CCO)CC1. The summed E-state index contributed by atoms with van der Waals surface area (Å²) in [7, 11) is 2.03. The lowest BCUT2D eigenvalue weighted by molar-refractivity contribution is 0.112. The molecule has 3 rings (SSSR count). The van der Waals surface area contributed by atoms with E-state index in [9.17, 15) is 4.79 Å². The summed E-state index contributed by atoms with van der Waals surface area (Å²) in [6.07, 6.45) is 8.53. The zero-order valence-corrected chi connectivity index (χ0v) is 21.6. The van der Waals surface area contributed by atoms with Gasteiger partial charge in [-0.25, -0.2) is 4.98 Å². The molecule has 0 unspecified atom stereocenters. The third kappa shape index (κ3) is 9.85. The molecular weight excluding hydrogens is 464 g/mol. The van der Waals surface area contributed by atoms with Gasteiger partial charge in [0.2, 0.25) is 0 Å². The van der Waals surface area contributed by atoms with Crippen molar-refractivity contribution in [1.82, 2.24) is 10.3 Å². The molecule has 1 saturated carbocycles. The van der Waals surface area contributed by atoms with E-state index in [4.69, 9.17) is 26.7 Å². The van der Waals surface area contributed by atoms with Gasteiger partial charge in [0.1, 0.15) is 11.6 Å². The zero-order chi connectivity index (χ0) is 25.6. The molecular formula is C27H37ClN4O3. The van der Waals surface area contributed by atoms with E-state index in [0.717, 1.165) is 23.8 Å². The zero-order valence-electron chi connectivity index (χ0n) is 20.9. The van der Waals surface area contributed by atoms with Crippen molar-refractivity contribution in [2.24, 2.45) is 11.8 Å². The minimum Gasteiger partial charge on any atom is -0.491 e. The molecule has 0 atom stereocenters. The van der Waals surface area contributed by atoms with Crippen LogP contribution in [0, 0.1) is 23.2 Å². The van der Waals surface area contributed by atoms with E-state index in [1.54, 1.807) is 24.3 Å². The summed E-state index contributed by atoms with van der Waals surface area (Å²) in [6.45, 7) is 5.82. The van der Waals surface area contributed by atoms with Crippen molar-refractivity contribution in [1.29, 1.82) is 5.26 Å². The predicted octanol–water partition coefficient (Wildman–Crippen LogP) is 5.21. The molecule has 1 aliphatic carbocycles. The molecule has 3 N–H and O–H groups in total. The number of nitrogens with one attached hydrogen (secondary N) is 2. The topological polar surface area (TPSA) is 107 Å². The van der Waals surface area contributed by atoms with Crippen LogP contribution in [0.25, 0.3) is 0 Å². The van der Waals surface area contributed by atoms with Crippen molar-refractivity contribution < 1.29 is 14.6 Å². The molecule has 0 aliphatic heterocycles. The van der Waals surface area contributed by atoms with Crippen LogP contribution in [0.3, 0.4) is 0 Å². The smallest absolute Gasteiger partial charge is 0.151 e. The molecule has 8 heteroatoms. The van der Waals surface area contributed by atoms with Gasteiger partial charge in [0.05, 0.1) is 22.8 Å². The number of aliphatic hydroxyl groups is 1. The van der Waals surface area contributed by atoms with Gasteiger partial charge in [0, 0.05) is 30.5 Å². The largest absolute Gasteiger partial charge is 0.491 e. The van der Waals surface area contributed by atoms with E-state index >= 15 is 0 Å². The number of aromatic nitrogens is 1. The Morgan fingerprint density at radius 1 is 1.26 bits per heavy atom. The van der Waals surface area contributed by atoms with Crippen LogP contribution in [-0.4, -0.2) is 42.7 Å². The summed E-state index contributed by atoms with van der Waals surface area (Å²) in [4.78, 5) is 14.8. The number of benzene rings is 1. The molecule has 0 saturated heterocycles. The van der Waals surface area contributed by atoms with E-state index in [2.05, 4.69) is 21.7 Å². The average molecular weight is 501 g/mol. The minimum atomic E-state index is 0.0234. The van der Waals surface area contributed by atoms with Crippen LogP contribution < -0.4 is 15.4 Å². The second kappa shape index (κ2) is 15.4. The molecule has 35 heavy (non-hydrogen) atoms. The third-order valence-electron chi connectivity index (χ3n) is 5.99. The fourth-order valence-corrected chi connectivity index (χ4v) is 4.42. The van der Waals surface area contributed by atoms with Gasteiger partial charge in [-0.3, -0.25) is 4.79 Å². The first kappa shape index (κ1) is 28.6. The second-order valence-electron chi connectivity index (χ2n) is 9.13. The number of aldehydes is 1. The Labute approximate surface area is 213 Å². The van der Waals surface area contributed by atoms with E-state index < -0.39 is 0 Å². The van der Waals surface area contributed by atoms with Gasteiger partial charge in [-0.2, -0.15) is 5.26 Å². The lowest BCUT2D eigenvalue weighted by atomic mass is 9.81. The molecule has 0 spiro atoms. The van der Waals surface area contributed by atoms with E-state index in [1.165, 1.54) is 38.4 Å². The first-order valence-corrected chi connectivity index (χ1v) is 12.6. The number of rotatable bonds is 10. The molecule has 190 valence electrons. The number of hydrogen-bond acceptors (Lipinski definition) is 7. The van der Waals surface area contributed by atoms with Gasteiger partial charge in [0.15, 0.2) is 6.29 Å². The summed E-state index contributed by atoms with van der Waals surface area (Å²) >= 11 is 6.09. The molecule has 1 aliphatic rings. The number of halogens is 1. The maximum absolute atomic E-state index is 10.7. The fourth-order valence-electron chi connectivity index (χ4n) is 4.18. The highest BCUT2D eigenvalue weighted by molar-refractivity contribution is 6.33. The van der Waals surface area contributed by atoms with Crippen molar-refractivity contribution in [2.75, 3.05) is 25.5 Å². The summed E-state index contributed by atoms with van der Waals surface area (Å²) in [5.74, 6) is 2.87. The number of nitriles is 1. The number of carbonyl (C=O) groups is 1. The van der Waals surface area contributed by atoms with Crippen LogP contribution in [0.1, 0.15) is 67.4 Å². The van der Waals surface area contributed by atoms with E-state index in [0.29, 0.717) is 47.2 Å². The van der Waals surface area contributed by atoms with Gasteiger partial charge in [0.25, 0.3) is 0 Å². The van der Waals surface area contributed by atoms with Crippen LogP contribution in [0.2, 0.25) is 5.02 Å². The molecule has 1 aromatic carbocycles. The number of carbonyl (C=O) groups excluding carboxylic acids is 1. The Hall–Kier alpha value is -2.66. The van der Waals surface area contributed by atoms with E-state index in [1.807, 2.05) is 20.9 Å². The highest BCUT2D eigenvalue weighted by atomic mass is 35.5. The Kier molecular flexibility index (Phi) is 12.5. The number of nitrogens with zero attached hydrogens (tertiary/aromatic N) is 2. The summed E-state index contributed by atoms with van der Waals surface area (Å²) in [5.41, 5.74) is 1.79. The molecule has 1 aromatic heterocycles. The van der Waals surface area contributed by atoms with Crippen LogP contribution in [0.15, 0.2) is 30.5 Å². The maximum atomic E-state index is 10.7. The standard InChI is InChI=1S/C17H16ClN3O2.C10H21NO/c1-11(2)23-16-4-3-12(7-19)5-14(16)9-21-17-15(18)6-13(10-22)8-20-17;1-11-8-10-4-2-9(3-5-10)6-7-12/h3-6,8,10-11H,9H2,1-2H3,(H,20,21);9-12H,2-8H2,1H3. The Bertz CT molecular complexity index is 955. The third-order valence-corrected chi connectivity index (χ3v) is 6.28. The molecule has 1 heterocycles. The van der Waals surface area contributed by atoms with Crippen LogP contribution in [-0.2, 0) is 6.54 Å². The Morgan fingerprint density at radius 3 is 2.54 bits per heavy atom. The molecule has 0 amide bonds. The van der Waals surface area contributed by atoms with Crippen LogP contribution >= 0.6 is 11.6 Å². The summed E-state index contributed by atoms with van der Waals surface area (Å²) in [6, 6.07) is 8.91. The number of anilines is 1. The molecule has 2 aromatic rings.